The number of thiophene rings is 1. The van der Waals surface area contributed by atoms with E-state index in [0.717, 1.165) is 11.3 Å². The van der Waals surface area contributed by atoms with Crippen molar-refractivity contribution in [2.75, 3.05) is 37.4 Å². The van der Waals surface area contributed by atoms with Gasteiger partial charge in [0.15, 0.2) is 5.82 Å². The van der Waals surface area contributed by atoms with Gasteiger partial charge in [-0.3, -0.25) is 4.79 Å². The van der Waals surface area contributed by atoms with Crippen molar-refractivity contribution in [2.24, 2.45) is 0 Å². The second-order valence-corrected chi connectivity index (χ2v) is 10.5. The maximum atomic E-state index is 16.4. The third kappa shape index (κ3) is 4.37. The summed E-state index contributed by atoms with van der Waals surface area (Å²) >= 11 is 0.932. The largest absolute Gasteiger partial charge is 0.461 e. The first kappa shape index (κ1) is 27.2. The smallest absolute Gasteiger partial charge is 0.319 e. The number of ether oxygens (including phenoxy) is 1. The molecule has 2 atom stereocenters. The van der Waals surface area contributed by atoms with Crippen molar-refractivity contribution in [2.45, 2.75) is 25.4 Å². The van der Waals surface area contributed by atoms with Gasteiger partial charge in [0.2, 0.25) is 5.91 Å². The number of likely N-dealkylation sites (tertiary alicyclic amines) is 1. The van der Waals surface area contributed by atoms with Crippen molar-refractivity contribution in [3.05, 3.63) is 54.1 Å². The molecule has 1 aliphatic rings. The molecule has 0 bridgehead atoms. The fourth-order valence-electron chi connectivity index (χ4n) is 5.36. The average Bonchev–Trinajstić information content (AvgIpc) is 3.51. The number of carbonyl (C=O) groups excluding carboxylic acids is 1. The van der Waals surface area contributed by atoms with Crippen molar-refractivity contribution in [1.82, 2.24) is 14.9 Å². The number of nitrogens with two attached hydrogens (primary N) is 1. The standard InChI is InChI=1S/C28H26F2N6O3S/c1-4-21(38)36-10-9-20(14(36)2)35(3)27-17-6-5-16(23(30)24(17)33-28(34-27)39-12-11-37)15-7-8-19(29)25-22(15)18(13-31)26(32)40-25/h4-8,14,20,37H,1,9-12,32H2,2-3H3/t14-,20-/m1/s1. The van der Waals surface area contributed by atoms with Crippen LogP contribution in [0.4, 0.5) is 19.6 Å². The van der Waals surface area contributed by atoms with E-state index in [1.54, 1.807) is 17.0 Å². The van der Waals surface area contributed by atoms with E-state index < -0.39 is 11.6 Å². The van der Waals surface area contributed by atoms with Gasteiger partial charge in [-0.1, -0.05) is 18.7 Å². The van der Waals surface area contributed by atoms with Crippen LogP contribution >= 0.6 is 11.3 Å². The number of nitrogens with zero attached hydrogens (tertiary/aromatic N) is 5. The number of hydrogen-bond donors (Lipinski definition) is 2. The monoisotopic (exact) mass is 564 g/mol. The quantitative estimate of drug-likeness (QED) is 0.319. The number of anilines is 2. The Labute approximate surface area is 232 Å². The molecular formula is C28H26F2N6O3S. The lowest BCUT2D eigenvalue weighted by atomic mass is 9.97. The van der Waals surface area contributed by atoms with Crippen molar-refractivity contribution in [3.8, 4) is 23.2 Å². The minimum atomic E-state index is -0.715. The topological polar surface area (TPSA) is 129 Å². The summed E-state index contributed by atoms with van der Waals surface area (Å²) in [5.41, 5.74) is 6.41. The van der Waals surface area contributed by atoms with E-state index in [-0.39, 0.29) is 68.9 Å². The predicted octanol–water partition coefficient (Wildman–Crippen LogP) is 4.23. The van der Waals surface area contributed by atoms with Gasteiger partial charge in [-0.05, 0) is 37.1 Å². The van der Waals surface area contributed by atoms with Gasteiger partial charge in [0.05, 0.1) is 22.9 Å². The summed E-state index contributed by atoms with van der Waals surface area (Å²) < 4.78 is 36.6. The summed E-state index contributed by atoms with van der Waals surface area (Å²) in [6.45, 7) is 5.64. The molecule has 1 saturated heterocycles. The molecule has 3 heterocycles. The molecule has 206 valence electrons. The Balaban J connectivity index is 1.69. The summed E-state index contributed by atoms with van der Waals surface area (Å²) in [7, 11) is 1.81. The molecule has 4 aromatic rings. The van der Waals surface area contributed by atoms with Gasteiger partial charge in [0, 0.05) is 36.0 Å². The molecule has 40 heavy (non-hydrogen) atoms. The second kappa shape index (κ2) is 10.7. The molecule has 1 amide bonds. The van der Waals surface area contributed by atoms with E-state index in [4.69, 9.17) is 10.5 Å². The van der Waals surface area contributed by atoms with Gasteiger partial charge < -0.3 is 25.4 Å². The van der Waals surface area contributed by atoms with E-state index in [2.05, 4.69) is 16.5 Å². The minimum Gasteiger partial charge on any atom is -0.461 e. The molecule has 1 aliphatic heterocycles. The Hall–Kier alpha value is -4.34. The molecule has 0 saturated carbocycles. The Morgan fingerprint density at radius 2 is 2.10 bits per heavy atom. The highest BCUT2D eigenvalue weighted by Gasteiger charge is 2.36. The van der Waals surface area contributed by atoms with Crippen LogP contribution in [0, 0.1) is 23.0 Å². The van der Waals surface area contributed by atoms with Gasteiger partial charge in [-0.2, -0.15) is 15.2 Å². The Kier molecular flexibility index (Phi) is 7.27. The van der Waals surface area contributed by atoms with Crippen LogP contribution in [0.1, 0.15) is 18.9 Å². The van der Waals surface area contributed by atoms with Gasteiger partial charge in [-0.25, -0.2) is 8.78 Å². The Morgan fingerprint density at radius 3 is 2.80 bits per heavy atom. The Bertz CT molecular complexity index is 1700. The van der Waals surface area contributed by atoms with Crippen molar-refractivity contribution >= 4 is 49.1 Å². The maximum Gasteiger partial charge on any atom is 0.319 e. The normalized spacial score (nSPS) is 16.9. The van der Waals surface area contributed by atoms with Crippen molar-refractivity contribution < 1.29 is 23.4 Å². The molecule has 12 heteroatoms. The van der Waals surface area contributed by atoms with Crippen molar-refractivity contribution in [1.29, 1.82) is 5.26 Å². The highest BCUT2D eigenvalue weighted by Crippen LogP contribution is 2.43. The number of amides is 1. The summed E-state index contributed by atoms with van der Waals surface area (Å²) in [5, 5.41) is 19.7. The molecule has 2 aromatic heterocycles. The number of aliphatic hydroxyl groups excluding tert-OH is 1. The van der Waals surface area contributed by atoms with Gasteiger partial charge in [0.1, 0.15) is 34.8 Å². The van der Waals surface area contributed by atoms with Crippen LogP contribution in [-0.4, -0.2) is 64.8 Å². The number of benzene rings is 2. The third-order valence-electron chi connectivity index (χ3n) is 7.31. The number of nitrogen functional groups attached to an aromatic ring is 1. The molecule has 9 nitrogen and oxygen atoms in total. The number of fused-ring (bicyclic) bond motifs is 2. The zero-order valence-electron chi connectivity index (χ0n) is 21.8. The summed E-state index contributed by atoms with van der Waals surface area (Å²) in [5.74, 6) is -1.06. The number of aromatic nitrogens is 2. The van der Waals surface area contributed by atoms with E-state index in [9.17, 15) is 19.6 Å². The number of rotatable bonds is 7. The van der Waals surface area contributed by atoms with E-state index in [1.807, 2.05) is 24.9 Å². The molecule has 0 spiro atoms. The second-order valence-electron chi connectivity index (χ2n) is 9.42. The number of halogens is 2. The number of nitriles is 1. The van der Waals surface area contributed by atoms with Crippen LogP contribution in [0.15, 0.2) is 36.9 Å². The Morgan fingerprint density at radius 1 is 1.35 bits per heavy atom. The third-order valence-corrected chi connectivity index (χ3v) is 8.34. The molecular weight excluding hydrogens is 538 g/mol. The predicted molar refractivity (Wildman–Crippen MR) is 150 cm³/mol. The van der Waals surface area contributed by atoms with Gasteiger partial charge >= 0.3 is 6.01 Å². The molecule has 0 unspecified atom stereocenters. The lowest BCUT2D eigenvalue weighted by molar-refractivity contribution is -0.126. The number of hydrogen-bond acceptors (Lipinski definition) is 9. The minimum absolute atomic E-state index is 0.0499. The van der Waals surface area contributed by atoms with E-state index in [1.165, 1.54) is 18.2 Å². The van der Waals surface area contributed by atoms with Crippen LogP contribution in [-0.2, 0) is 4.79 Å². The number of aliphatic hydroxyl groups is 1. The molecule has 0 radical (unpaired) electrons. The lowest BCUT2D eigenvalue weighted by Crippen LogP contribution is -2.43. The first-order chi connectivity index (χ1) is 19.2. The van der Waals surface area contributed by atoms with Crippen LogP contribution in [0.25, 0.3) is 32.1 Å². The zero-order valence-corrected chi connectivity index (χ0v) is 22.6. The molecule has 0 aliphatic carbocycles. The summed E-state index contributed by atoms with van der Waals surface area (Å²) in [4.78, 5) is 24.7. The molecule has 2 aromatic carbocycles. The average molecular weight is 565 g/mol. The van der Waals surface area contributed by atoms with Crippen LogP contribution in [0.2, 0.25) is 0 Å². The van der Waals surface area contributed by atoms with E-state index >= 15 is 4.39 Å². The first-order valence-corrected chi connectivity index (χ1v) is 13.3. The van der Waals surface area contributed by atoms with Crippen LogP contribution in [0.5, 0.6) is 6.01 Å². The first-order valence-electron chi connectivity index (χ1n) is 12.5. The highest BCUT2D eigenvalue weighted by atomic mass is 32.1. The highest BCUT2D eigenvalue weighted by molar-refractivity contribution is 7.23. The van der Waals surface area contributed by atoms with Gasteiger partial charge in [0.25, 0.3) is 0 Å². The molecule has 1 fully saturated rings. The number of carbonyl (C=O) groups is 1. The maximum absolute atomic E-state index is 16.4. The van der Waals surface area contributed by atoms with Crippen LogP contribution < -0.4 is 15.4 Å². The SMILES string of the molecule is C=CC(=O)N1CC[C@@H](N(C)c2nc(OCCO)nc3c(F)c(-c4ccc(F)c5sc(N)c(C#N)c45)ccc23)[C@H]1C. The summed E-state index contributed by atoms with van der Waals surface area (Å²) in [6.07, 6.45) is 1.93. The van der Waals surface area contributed by atoms with Gasteiger partial charge in [-0.15, -0.1) is 11.3 Å². The van der Waals surface area contributed by atoms with Crippen LogP contribution in [0.3, 0.4) is 0 Å². The molecule has 3 N–H and O–H groups in total. The molecule has 5 rings (SSSR count). The summed E-state index contributed by atoms with van der Waals surface area (Å²) in [6, 6.07) is 7.39. The zero-order chi connectivity index (χ0) is 28.7. The van der Waals surface area contributed by atoms with Crippen molar-refractivity contribution in [3.63, 3.8) is 0 Å². The lowest BCUT2D eigenvalue weighted by Gasteiger charge is -2.32. The van der Waals surface area contributed by atoms with E-state index in [0.29, 0.717) is 29.7 Å². The number of likely N-dealkylation sites (N-methyl/N-ethyl adjacent to an activating group) is 1. The fraction of sp³-hybridized carbons (Fsp3) is 0.286. The fourth-order valence-corrected chi connectivity index (χ4v) is 6.30.